The van der Waals surface area contributed by atoms with Gasteiger partial charge in [-0.25, -0.2) is 13.2 Å². The number of sulfone groups is 1. The predicted octanol–water partition coefficient (Wildman–Crippen LogP) is 4.16. The molecule has 11 heteroatoms. The normalized spacial score (nSPS) is 13.9. The topological polar surface area (TPSA) is 128 Å². The van der Waals surface area contributed by atoms with Gasteiger partial charge in [-0.1, -0.05) is 41.9 Å². The predicted molar refractivity (Wildman–Crippen MR) is 132 cm³/mol. The molecule has 4 rings (SSSR count). The van der Waals surface area contributed by atoms with Gasteiger partial charge in [-0.05, 0) is 49.8 Å². The number of thiophene rings is 1. The summed E-state index contributed by atoms with van der Waals surface area (Å²) in [7, 11) is -4.19. The highest BCUT2D eigenvalue weighted by Gasteiger charge is 2.30. The van der Waals surface area contributed by atoms with Gasteiger partial charge in [0.15, 0.2) is 0 Å². The van der Waals surface area contributed by atoms with Crippen LogP contribution in [0, 0.1) is 0 Å². The summed E-state index contributed by atoms with van der Waals surface area (Å²) in [5, 5.41) is 9.58. The summed E-state index contributed by atoms with van der Waals surface area (Å²) in [6.45, 7) is 1.91. The Labute approximate surface area is 207 Å². The third-order valence-corrected chi connectivity index (χ3v) is 7.93. The number of nitrogens with zero attached hydrogens (tertiary/aromatic N) is 2. The van der Waals surface area contributed by atoms with Crippen LogP contribution in [0.3, 0.4) is 0 Å². The van der Waals surface area contributed by atoms with Crippen LogP contribution in [0.25, 0.3) is 12.2 Å². The smallest absolute Gasteiger partial charge is 0.341 e. The first-order valence-corrected chi connectivity index (χ1v) is 13.7. The Bertz CT molecular complexity index is 1340. The maximum absolute atomic E-state index is 12.7. The number of fused-ring (bicyclic) bond motifs is 1. The van der Waals surface area contributed by atoms with Gasteiger partial charge in [0, 0.05) is 11.0 Å². The van der Waals surface area contributed by atoms with Crippen molar-refractivity contribution in [1.82, 2.24) is 10.2 Å². The maximum atomic E-state index is 12.7. The Balaban J connectivity index is 1.49. The third kappa shape index (κ3) is 6.04. The highest BCUT2D eigenvalue weighted by Crippen LogP contribution is 2.38. The summed E-state index contributed by atoms with van der Waals surface area (Å²) < 4.78 is 35.9. The Kier molecular flexibility index (Phi) is 7.76. The number of anilines is 1. The highest BCUT2D eigenvalue weighted by atomic mass is 32.2. The number of rotatable bonds is 8. The number of hydrogen-bond acceptors (Lipinski definition) is 9. The highest BCUT2D eigenvalue weighted by molar-refractivity contribution is 7.91. The van der Waals surface area contributed by atoms with E-state index in [1.54, 1.807) is 13.0 Å². The molecule has 0 fully saturated rings. The van der Waals surface area contributed by atoms with Crippen LogP contribution in [0.2, 0.25) is 0 Å². The lowest BCUT2D eigenvalue weighted by Crippen LogP contribution is -2.24. The van der Waals surface area contributed by atoms with E-state index in [2.05, 4.69) is 15.5 Å². The minimum Gasteiger partial charge on any atom is -0.462 e. The number of ether oxygens (including phenoxy) is 1. The molecule has 0 spiro atoms. The maximum Gasteiger partial charge on any atom is 0.341 e. The number of hydrogen-bond donors (Lipinski definition) is 1. The van der Waals surface area contributed by atoms with Crippen LogP contribution >= 0.6 is 11.3 Å². The fourth-order valence-electron chi connectivity index (χ4n) is 3.79. The summed E-state index contributed by atoms with van der Waals surface area (Å²) in [4.78, 5) is 26.4. The average Bonchev–Trinajstić information content (AvgIpc) is 3.37. The molecule has 0 saturated carbocycles. The van der Waals surface area contributed by atoms with Crippen molar-refractivity contribution in [3.8, 4) is 0 Å². The van der Waals surface area contributed by atoms with Crippen LogP contribution in [0.5, 0.6) is 0 Å². The Morgan fingerprint density at radius 1 is 1.11 bits per heavy atom. The van der Waals surface area contributed by atoms with Crippen LogP contribution in [0.4, 0.5) is 5.00 Å². The summed E-state index contributed by atoms with van der Waals surface area (Å²) >= 11 is 1.30. The molecule has 1 N–H and O–H groups in total. The summed E-state index contributed by atoms with van der Waals surface area (Å²) in [5.74, 6) is -2.22. The zero-order valence-corrected chi connectivity index (χ0v) is 20.8. The molecule has 2 heterocycles. The van der Waals surface area contributed by atoms with Crippen LogP contribution in [0.1, 0.15) is 58.4 Å². The van der Waals surface area contributed by atoms with Crippen molar-refractivity contribution in [3.05, 3.63) is 57.8 Å². The molecule has 1 aromatic carbocycles. The number of esters is 1. The molecule has 0 atom stereocenters. The van der Waals surface area contributed by atoms with Gasteiger partial charge in [-0.3, -0.25) is 4.79 Å². The van der Waals surface area contributed by atoms with Crippen molar-refractivity contribution < 1.29 is 27.2 Å². The van der Waals surface area contributed by atoms with Crippen molar-refractivity contribution in [2.75, 3.05) is 17.7 Å². The van der Waals surface area contributed by atoms with E-state index in [0.29, 0.717) is 10.6 Å². The van der Waals surface area contributed by atoms with Crippen LogP contribution in [0.15, 0.2) is 40.0 Å². The van der Waals surface area contributed by atoms with Crippen LogP contribution in [-0.4, -0.2) is 42.9 Å². The van der Waals surface area contributed by atoms with Gasteiger partial charge >= 0.3 is 11.2 Å². The second kappa shape index (κ2) is 11.0. The molecular formula is C24H25N3O6S2. The molecule has 0 aliphatic heterocycles. The largest absolute Gasteiger partial charge is 0.462 e. The summed E-state index contributed by atoms with van der Waals surface area (Å²) in [6.07, 6.45) is 7.72. The van der Waals surface area contributed by atoms with Gasteiger partial charge < -0.3 is 14.5 Å². The zero-order chi connectivity index (χ0) is 24.8. The molecule has 35 heavy (non-hydrogen) atoms. The molecule has 0 unspecified atom stereocenters. The lowest BCUT2D eigenvalue weighted by Gasteiger charge is -2.08. The van der Waals surface area contributed by atoms with E-state index in [9.17, 15) is 18.0 Å². The molecule has 184 valence electrons. The second-order valence-electron chi connectivity index (χ2n) is 7.95. The van der Waals surface area contributed by atoms with Crippen molar-refractivity contribution in [2.24, 2.45) is 0 Å². The van der Waals surface area contributed by atoms with Crippen molar-refractivity contribution in [3.63, 3.8) is 0 Å². The van der Waals surface area contributed by atoms with Crippen molar-refractivity contribution >= 4 is 50.2 Å². The minimum atomic E-state index is -4.19. The van der Waals surface area contributed by atoms with E-state index in [0.717, 1.165) is 48.1 Å². The average molecular weight is 516 g/mol. The number of aromatic nitrogens is 2. The minimum absolute atomic E-state index is 0.000527. The Hall–Kier alpha value is -3.31. The van der Waals surface area contributed by atoms with Crippen LogP contribution < -0.4 is 5.32 Å². The number of benzene rings is 1. The summed E-state index contributed by atoms with van der Waals surface area (Å²) in [5.41, 5.74) is 2.09. The third-order valence-electron chi connectivity index (χ3n) is 5.38. The molecule has 1 amide bonds. The molecule has 1 aliphatic rings. The summed E-state index contributed by atoms with van der Waals surface area (Å²) in [6, 6.07) is 9.33. The lowest BCUT2D eigenvalue weighted by molar-refractivity contribution is -0.113. The molecule has 0 bridgehead atoms. The van der Waals surface area contributed by atoms with Crippen LogP contribution in [-0.2, 0) is 32.2 Å². The second-order valence-corrected chi connectivity index (χ2v) is 10.9. The molecule has 2 aromatic heterocycles. The number of carbonyl (C=O) groups excluding carboxylic acids is 2. The number of amides is 1. The number of aryl methyl sites for hydroxylation is 1. The van der Waals surface area contributed by atoms with E-state index < -0.39 is 32.7 Å². The lowest BCUT2D eigenvalue weighted by atomic mass is 10.1. The van der Waals surface area contributed by atoms with Gasteiger partial charge in [-0.15, -0.1) is 16.4 Å². The fourth-order valence-corrected chi connectivity index (χ4v) is 6.00. The van der Waals surface area contributed by atoms with Gasteiger partial charge in [0.1, 0.15) is 10.8 Å². The first kappa shape index (κ1) is 24.8. The Morgan fingerprint density at radius 2 is 1.89 bits per heavy atom. The molecule has 0 saturated heterocycles. The molecule has 9 nitrogen and oxygen atoms in total. The van der Waals surface area contributed by atoms with Crippen molar-refractivity contribution in [2.45, 2.75) is 44.3 Å². The molecular weight excluding hydrogens is 490 g/mol. The van der Waals surface area contributed by atoms with E-state index in [1.165, 1.54) is 17.4 Å². The monoisotopic (exact) mass is 515 g/mol. The quantitative estimate of drug-likeness (QED) is 0.350. The van der Waals surface area contributed by atoms with Gasteiger partial charge in [0.2, 0.25) is 21.6 Å². The standard InChI is InChI=1S/C24H25N3O6S2/c1-2-32-23(29)21-17-11-7-4-8-12-18(17)34-22(21)25-19(28)15-35(30,31)24-27-26-20(33-24)14-13-16-9-5-3-6-10-16/h3,5-6,9-10,13-14H,2,4,7-8,11-12,15H2,1H3,(H,25,28). The molecule has 3 aromatic rings. The SMILES string of the molecule is CCOC(=O)c1c(NC(=O)CS(=O)(=O)c2nnc(C=Cc3ccccc3)o2)sc2c1CCCCC2. The molecule has 1 aliphatic carbocycles. The number of nitrogens with one attached hydrogen (secondary N) is 1. The van der Waals surface area contributed by atoms with E-state index in [-0.39, 0.29) is 12.5 Å². The van der Waals surface area contributed by atoms with E-state index >= 15 is 0 Å². The first-order chi connectivity index (χ1) is 16.9. The van der Waals surface area contributed by atoms with Gasteiger partial charge in [0.25, 0.3) is 0 Å². The fraction of sp³-hybridized carbons (Fsp3) is 0.333. The first-order valence-electron chi connectivity index (χ1n) is 11.3. The van der Waals surface area contributed by atoms with Gasteiger partial charge in [0.05, 0.1) is 12.2 Å². The Morgan fingerprint density at radius 3 is 2.66 bits per heavy atom. The van der Waals surface area contributed by atoms with E-state index in [1.807, 2.05) is 30.3 Å². The zero-order valence-electron chi connectivity index (χ0n) is 19.2. The van der Waals surface area contributed by atoms with Crippen molar-refractivity contribution in [1.29, 1.82) is 0 Å². The van der Waals surface area contributed by atoms with Gasteiger partial charge in [-0.2, -0.15) is 0 Å². The number of carbonyl (C=O) groups is 2. The van der Waals surface area contributed by atoms with E-state index in [4.69, 9.17) is 9.15 Å². The molecule has 0 radical (unpaired) electrons.